The van der Waals surface area contributed by atoms with Gasteiger partial charge in [0.2, 0.25) is 0 Å². The Morgan fingerprint density at radius 2 is 2.47 bits per heavy atom. The van der Waals surface area contributed by atoms with Crippen molar-refractivity contribution in [2.45, 2.75) is 13.5 Å². The number of nitrogens with zero attached hydrogens (tertiary/aromatic N) is 4. The average molecular weight is 273 g/mol. The molecule has 0 saturated heterocycles. The van der Waals surface area contributed by atoms with Gasteiger partial charge in [0.05, 0.1) is 19.3 Å². The molecule has 0 aliphatic heterocycles. The lowest BCUT2D eigenvalue weighted by Gasteiger charge is -1.96. The molecule has 0 unspecified atom stereocenters. The zero-order chi connectivity index (χ0) is 12.3. The van der Waals surface area contributed by atoms with Crippen LogP contribution in [0.15, 0.2) is 12.4 Å². The Hall–Kier alpha value is -1.47. The monoisotopic (exact) mass is 272 g/mol. The fourth-order valence-electron chi connectivity index (χ4n) is 1.19. The Morgan fingerprint density at radius 1 is 1.65 bits per heavy atom. The van der Waals surface area contributed by atoms with Gasteiger partial charge in [0.15, 0.2) is 10.2 Å². The molecule has 2 aromatic rings. The van der Waals surface area contributed by atoms with Crippen molar-refractivity contribution in [2.75, 3.05) is 6.61 Å². The number of hydrogen-bond acceptors (Lipinski definition) is 6. The standard InChI is InChI=1S/C9H9ClN4O2S/c1-2-16-8(15)7-5-14(13-12-7)4-6-3-11-9(10)17-6/h3,5H,2,4H2,1H3. The zero-order valence-electron chi connectivity index (χ0n) is 8.96. The topological polar surface area (TPSA) is 69.9 Å². The molecule has 90 valence electrons. The molecule has 0 atom stereocenters. The fraction of sp³-hybridized carbons (Fsp3) is 0.333. The van der Waals surface area contributed by atoms with Crippen LogP contribution >= 0.6 is 22.9 Å². The summed E-state index contributed by atoms with van der Waals surface area (Å²) >= 11 is 7.07. The van der Waals surface area contributed by atoms with E-state index < -0.39 is 5.97 Å². The van der Waals surface area contributed by atoms with Crippen molar-refractivity contribution in [1.82, 2.24) is 20.0 Å². The molecule has 8 heteroatoms. The summed E-state index contributed by atoms with van der Waals surface area (Å²) < 4.78 is 6.83. The zero-order valence-corrected chi connectivity index (χ0v) is 10.5. The maximum absolute atomic E-state index is 11.3. The molecule has 0 bridgehead atoms. The molecule has 0 spiro atoms. The fourth-order valence-corrected chi connectivity index (χ4v) is 2.16. The van der Waals surface area contributed by atoms with Gasteiger partial charge in [0.25, 0.3) is 0 Å². The summed E-state index contributed by atoms with van der Waals surface area (Å²) in [4.78, 5) is 16.2. The first kappa shape index (κ1) is 12.0. The van der Waals surface area contributed by atoms with Crippen LogP contribution in [0.4, 0.5) is 0 Å². The first-order valence-corrected chi connectivity index (χ1v) is 6.06. The Morgan fingerprint density at radius 3 is 3.12 bits per heavy atom. The number of thiazole rings is 1. The highest BCUT2D eigenvalue weighted by Crippen LogP contribution is 2.18. The van der Waals surface area contributed by atoms with Crippen molar-refractivity contribution in [3.8, 4) is 0 Å². The van der Waals surface area contributed by atoms with Gasteiger partial charge in [-0.2, -0.15) is 0 Å². The largest absolute Gasteiger partial charge is 0.461 e. The van der Waals surface area contributed by atoms with E-state index in [-0.39, 0.29) is 5.69 Å². The SMILES string of the molecule is CCOC(=O)c1cn(Cc2cnc(Cl)s2)nn1. The Labute approximate surface area is 106 Å². The van der Waals surface area contributed by atoms with Gasteiger partial charge >= 0.3 is 5.97 Å². The third-order valence-electron chi connectivity index (χ3n) is 1.87. The molecule has 0 aromatic carbocycles. The molecular weight excluding hydrogens is 264 g/mol. The van der Waals surface area contributed by atoms with Crippen LogP contribution in [0.25, 0.3) is 0 Å². The minimum absolute atomic E-state index is 0.197. The third kappa shape index (κ3) is 3.01. The number of esters is 1. The molecule has 2 rings (SSSR count). The van der Waals surface area contributed by atoms with Crippen LogP contribution in [0.2, 0.25) is 4.47 Å². The predicted molar refractivity (Wildman–Crippen MR) is 62.2 cm³/mol. The second-order valence-corrected chi connectivity index (χ2v) is 4.80. The van der Waals surface area contributed by atoms with Gasteiger partial charge in [-0.15, -0.1) is 16.4 Å². The summed E-state index contributed by atoms with van der Waals surface area (Å²) in [6.07, 6.45) is 3.20. The van der Waals surface area contributed by atoms with Crippen LogP contribution in [-0.4, -0.2) is 32.6 Å². The number of ether oxygens (including phenoxy) is 1. The number of halogens is 1. The molecule has 0 N–H and O–H groups in total. The maximum Gasteiger partial charge on any atom is 0.360 e. The van der Waals surface area contributed by atoms with Crippen LogP contribution in [0.1, 0.15) is 22.3 Å². The minimum Gasteiger partial charge on any atom is -0.461 e. The summed E-state index contributed by atoms with van der Waals surface area (Å²) in [5.74, 6) is -0.471. The van der Waals surface area contributed by atoms with E-state index in [4.69, 9.17) is 16.3 Å². The van der Waals surface area contributed by atoms with Gasteiger partial charge in [-0.05, 0) is 6.92 Å². The molecule has 17 heavy (non-hydrogen) atoms. The van der Waals surface area contributed by atoms with Crippen molar-refractivity contribution in [1.29, 1.82) is 0 Å². The molecule has 6 nitrogen and oxygen atoms in total. The first-order chi connectivity index (χ1) is 8.19. The van der Waals surface area contributed by atoms with E-state index in [1.54, 1.807) is 13.1 Å². The van der Waals surface area contributed by atoms with E-state index in [0.717, 1.165) is 4.88 Å². The molecule has 0 amide bonds. The van der Waals surface area contributed by atoms with Crippen molar-refractivity contribution < 1.29 is 9.53 Å². The van der Waals surface area contributed by atoms with E-state index in [0.29, 0.717) is 17.6 Å². The van der Waals surface area contributed by atoms with E-state index in [9.17, 15) is 4.79 Å². The lowest BCUT2D eigenvalue weighted by atomic mass is 10.5. The van der Waals surface area contributed by atoms with Gasteiger partial charge in [0, 0.05) is 11.1 Å². The summed E-state index contributed by atoms with van der Waals surface area (Å²) in [6, 6.07) is 0. The van der Waals surface area contributed by atoms with Crippen LogP contribution in [0.3, 0.4) is 0 Å². The molecule has 2 heterocycles. The summed E-state index contributed by atoms with van der Waals surface area (Å²) in [6.45, 7) is 2.54. The summed E-state index contributed by atoms with van der Waals surface area (Å²) in [7, 11) is 0. The lowest BCUT2D eigenvalue weighted by Crippen LogP contribution is -2.04. The molecule has 2 aromatic heterocycles. The molecule has 0 radical (unpaired) electrons. The summed E-state index contributed by atoms with van der Waals surface area (Å²) in [5, 5.41) is 7.55. The van der Waals surface area contributed by atoms with E-state index in [1.807, 2.05) is 0 Å². The van der Waals surface area contributed by atoms with E-state index in [1.165, 1.54) is 22.2 Å². The van der Waals surface area contributed by atoms with E-state index in [2.05, 4.69) is 15.3 Å². The van der Waals surface area contributed by atoms with Crippen LogP contribution in [0, 0.1) is 0 Å². The average Bonchev–Trinajstić information content (AvgIpc) is 2.89. The van der Waals surface area contributed by atoms with Gasteiger partial charge in [-0.3, -0.25) is 0 Å². The number of rotatable bonds is 4. The smallest absolute Gasteiger partial charge is 0.360 e. The Kier molecular flexibility index (Phi) is 3.70. The first-order valence-electron chi connectivity index (χ1n) is 4.86. The minimum atomic E-state index is -0.471. The quantitative estimate of drug-likeness (QED) is 0.791. The Bertz CT molecular complexity index is 525. The second-order valence-electron chi connectivity index (χ2n) is 3.10. The highest BCUT2D eigenvalue weighted by atomic mass is 35.5. The highest BCUT2D eigenvalue weighted by Gasteiger charge is 2.12. The molecule has 0 aliphatic carbocycles. The molecule has 0 saturated carbocycles. The number of hydrogen-bond donors (Lipinski definition) is 0. The predicted octanol–water partition coefficient (Wildman–Crippen LogP) is 1.61. The number of carbonyl (C=O) groups excluding carboxylic acids is 1. The van der Waals surface area contributed by atoms with Crippen molar-refractivity contribution >= 4 is 28.9 Å². The van der Waals surface area contributed by atoms with Crippen LogP contribution in [0.5, 0.6) is 0 Å². The highest BCUT2D eigenvalue weighted by molar-refractivity contribution is 7.15. The Balaban J connectivity index is 2.06. The van der Waals surface area contributed by atoms with Gasteiger partial charge < -0.3 is 4.74 Å². The summed E-state index contributed by atoms with van der Waals surface area (Å²) in [5.41, 5.74) is 0.197. The van der Waals surface area contributed by atoms with Crippen LogP contribution < -0.4 is 0 Å². The molecule has 0 aliphatic rings. The third-order valence-corrected chi connectivity index (χ3v) is 2.97. The van der Waals surface area contributed by atoms with E-state index >= 15 is 0 Å². The number of carbonyl (C=O) groups is 1. The van der Waals surface area contributed by atoms with Crippen LogP contribution in [-0.2, 0) is 11.3 Å². The molecule has 0 fully saturated rings. The maximum atomic E-state index is 11.3. The van der Waals surface area contributed by atoms with Gasteiger partial charge in [-0.25, -0.2) is 14.5 Å². The van der Waals surface area contributed by atoms with Gasteiger partial charge in [0.1, 0.15) is 0 Å². The lowest BCUT2D eigenvalue weighted by molar-refractivity contribution is 0.0519. The normalized spacial score (nSPS) is 10.5. The molecular formula is C9H9ClN4O2S. The van der Waals surface area contributed by atoms with Crippen molar-refractivity contribution in [3.05, 3.63) is 27.4 Å². The number of aromatic nitrogens is 4. The van der Waals surface area contributed by atoms with Gasteiger partial charge in [-0.1, -0.05) is 16.8 Å². The van der Waals surface area contributed by atoms with Crippen molar-refractivity contribution in [2.24, 2.45) is 0 Å². The van der Waals surface area contributed by atoms with Crippen molar-refractivity contribution in [3.63, 3.8) is 0 Å². The second kappa shape index (κ2) is 5.24.